The molecule has 0 aromatic heterocycles. The molecule has 2 aromatic rings. The van der Waals surface area contributed by atoms with Crippen molar-refractivity contribution in [3.8, 4) is 0 Å². The molecule has 3 N–H and O–H groups in total. The fraction of sp³-hybridized carbons (Fsp3) is 0.278. The van der Waals surface area contributed by atoms with Crippen molar-refractivity contribution in [1.82, 2.24) is 5.32 Å². The highest BCUT2D eigenvalue weighted by atomic mass is 35.5. The number of carbonyl (C=O) groups excluding carboxylic acids is 1. The van der Waals surface area contributed by atoms with E-state index in [-0.39, 0.29) is 12.1 Å². The molecule has 24 heavy (non-hydrogen) atoms. The van der Waals surface area contributed by atoms with Crippen molar-refractivity contribution in [3.63, 3.8) is 0 Å². The largest absolute Gasteiger partial charge is 0.393 e. The van der Waals surface area contributed by atoms with Gasteiger partial charge in [0.1, 0.15) is 0 Å². The van der Waals surface area contributed by atoms with E-state index < -0.39 is 0 Å². The van der Waals surface area contributed by atoms with Gasteiger partial charge in [0.25, 0.3) is 0 Å². The molecule has 0 bridgehead atoms. The highest BCUT2D eigenvalue weighted by molar-refractivity contribution is 6.35. The molecule has 2 amide bonds. The molecule has 0 saturated heterocycles. The topological polar surface area (TPSA) is 61.4 Å². The van der Waals surface area contributed by atoms with Crippen LogP contribution in [0.1, 0.15) is 23.1 Å². The molecule has 4 nitrogen and oxygen atoms in total. The Morgan fingerprint density at radius 1 is 1.25 bits per heavy atom. The normalized spacial score (nSPS) is 16.4. The molecule has 0 saturated carbocycles. The van der Waals surface area contributed by atoms with Crippen molar-refractivity contribution < 1.29 is 9.90 Å². The fourth-order valence-corrected chi connectivity index (χ4v) is 3.37. The molecule has 1 aliphatic carbocycles. The van der Waals surface area contributed by atoms with Crippen LogP contribution in [0.4, 0.5) is 10.5 Å². The van der Waals surface area contributed by atoms with Gasteiger partial charge in [0, 0.05) is 28.7 Å². The van der Waals surface area contributed by atoms with E-state index in [1.807, 2.05) is 18.2 Å². The monoisotopic (exact) mass is 364 g/mol. The SMILES string of the molecule is O=C(NCc1ccc(Cl)cc1Cl)Nc1cccc2c1CC(O)CC2. The first kappa shape index (κ1) is 17.1. The van der Waals surface area contributed by atoms with E-state index in [4.69, 9.17) is 23.2 Å². The lowest BCUT2D eigenvalue weighted by molar-refractivity contribution is 0.159. The lowest BCUT2D eigenvalue weighted by atomic mass is 9.88. The summed E-state index contributed by atoms with van der Waals surface area (Å²) in [7, 11) is 0. The van der Waals surface area contributed by atoms with Crippen LogP contribution in [0.15, 0.2) is 36.4 Å². The van der Waals surface area contributed by atoms with Crippen LogP contribution < -0.4 is 10.6 Å². The summed E-state index contributed by atoms with van der Waals surface area (Å²) in [5.74, 6) is 0. The van der Waals surface area contributed by atoms with E-state index in [0.717, 1.165) is 29.7 Å². The summed E-state index contributed by atoms with van der Waals surface area (Å²) in [6.07, 6.45) is 1.80. The van der Waals surface area contributed by atoms with Crippen LogP contribution in [0.3, 0.4) is 0 Å². The molecule has 1 aliphatic rings. The maximum atomic E-state index is 12.2. The molecule has 0 aliphatic heterocycles. The Bertz CT molecular complexity index is 765. The molecular weight excluding hydrogens is 347 g/mol. The number of hydrogen-bond acceptors (Lipinski definition) is 2. The highest BCUT2D eigenvalue weighted by Gasteiger charge is 2.19. The Labute approximate surface area is 150 Å². The molecule has 0 fully saturated rings. The Balaban J connectivity index is 1.65. The van der Waals surface area contributed by atoms with E-state index >= 15 is 0 Å². The predicted octanol–water partition coefficient (Wildman–Crippen LogP) is 4.16. The van der Waals surface area contributed by atoms with Gasteiger partial charge in [0.05, 0.1) is 6.10 Å². The van der Waals surface area contributed by atoms with E-state index in [9.17, 15) is 9.90 Å². The second kappa shape index (κ2) is 7.43. The van der Waals surface area contributed by atoms with Gasteiger partial charge in [-0.05, 0) is 47.7 Å². The molecule has 3 rings (SSSR count). The first-order valence-corrected chi connectivity index (χ1v) is 8.56. The lowest BCUT2D eigenvalue weighted by Gasteiger charge is -2.23. The summed E-state index contributed by atoms with van der Waals surface area (Å²) in [5.41, 5.74) is 3.72. The number of aliphatic hydroxyl groups excluding tert-OH is 1. The average molecular weight is 365 g/mol. The van der Waals surface area contributed by atoms with Crippen LogP contribution in [-0.2, 0) is 19.4 Å². The molecule has 0 radical (unpaired) electrons. The first-order valence-electron chi connectivity index (χ1n) is 7.80. The summed E-state index contributed by atoms with van der Waals surface area (Å²) in [6.45, 7) is 0.305. The molecule has 126 valence electrons. The quantitative estimate of drug-likeness (QED) is 0.765. The smallest absolute Gasteiger partial charge is 0.319 e. The van der Waals surface area contributed by atoms with Crippen LogP contribution in [0.2, 0.25) is 10.0 Å². The number of rotatable bonds is 3. The van der Waals surface area contributed by atoms with Crippen molar-refractivity contribution in [2.45, 2.75) is 31.9 Å². The third kappa shape index (κ3) is 4.01. The molecule has 1 atom stereocenters. The minimum absolute atomic E-state index is 0.305. The molecule has 2 aromatic carbocycles. The van der Waals surface area contributed by atoms with E-state index in [0.29, 0.717) is 23.0 Å². The van der Waals surface area contributed by atoms with Gasteiger partial charge in [-0.3, -0.25) is 0 Å². The van der Waals surface area contributed by atoms with Crippen LogP contribution in [0.25, 0.3) is 0 Å². The Morgan fingerprint density at radius 3 is 2.88 bits per heavy atom. The predicted molar refractivity (Wildman–Crippen MR) is 96.8 cm³/mol. The first-order chi connectivity index (χ1) is 11.5. The lowest BCUT2D eigenvalue weighted by Crippen LogP contribution is -2.29. The van der Waals surface area contributed by atoms with E-state index in [1.54, 1.807) is 18.2 Å². The number of urea groups is 1. The molecule has 0 heterocycles. The van der Waals surface area contributed by atoms with Gasteiger partial charge in [-0.2, -0.15) is 0 Å². The Hall–Kier alpha value is -1.75. The van der Waals surface area contributed by atoms with Gasteiger partial charge in [0.2, 0.25) is 0 Å². The highest BCUT2D eigenvalue weighted by Crippen LogP contribution is 2.28. The zero-order valence-corrected chi connectivity index (χ0v) is 14.5. The van der Waals surface area contributed by atoms with Gasteiger partial charge < -0.3 is 15.7 Å². The maximum Gasteiger partial charge on any atom is 0.319 e. The molecular formula is C18H18Cl2N2O2. The number of nitrogens with one attached hydrogen (secondary N) is 2. The summed E-state index contributed by atoms with van der Waals surface area (Å²) in [6, 6.07) is 10.7. The van der Waals surface area contributed by atoms with Gasteiger partial charge in [-0.15, -0.1) is 0 Å². The zero-order valence-electron chi connectivity index (χ0n) is 13.0. The number of fused-ring (bicyclic) bond motifs is 1. The van der Waals surface area contributed by atoms with Crippen LogP contribution in [0, 0.1) is 0 Å². The number of halogens is 2. The number of benzene rings is 2. The molecule has 1 unspecified atom stereocenters. The molecule has 0 spiro atoms. The second-order valence-electron chi connectivity index (χ2n) is 5.88. The minimum Gasteiger partial charge on any atom is -0.393 e. The average Bonchev–Trinajstić information content (AvgIpc) is 2.54. The van der Waals surface area contributed by atoms with Crippen molar-refractivity contribution in [1.29, 1.82) is 0 Å². The fourth-order valence-electron chi connectivity index (χ4n) is 2.89. The number of hydrogen-bond donors (Lipinski definition) is 3. The number of anilines is 1. The van der Waals surface area contributed by atoms with E-state index in [1.165, 1.54) is 5.56 Å². The van der Waals surface area contributed by atoms with Crippen LogP contribution in [0.5, 0.6) is 0 Å². The third-order valence-corrected chi connectivity index (χ3v) is 4.75. The Morgan fingerprint density at radius 2 is 2.08 bits per heavy atom. The number of aryl methyl sites for hydroxylation is 1. The van der Waals surface area contributed by atoms with Crippen molar-refractivity contribution >= 4 is 34.9 Å². The van der Waals surface area contributed by atoms with Crippen molar-refractivity contribution in [2.24, 2.45) is 0 Å². The standard InChI is InChI=1S/C18H18Cl2N2O2/c19-13-6-4-12(16(20)8-13)10-21-18(24)22-17-3-1-2-11-5-7-14(23)9-15(11)17/h1-4,6,8,14,23H,5,7,9-10H2,(H2,21,22,24). The number of carbonyl (C=O) groups is 1. The minimum atomic E-state index is -0.351. The van der Waals surface area contributed by atoms with Crippen LogP contribution in [-0.4, -0.2) is 17.2 Å². The van der Waals surface area contributed by atoms with Gasteiger partial charge >= 0.3 is 6.03 Å². The van der Waals surface area contributed by atoms with Crippen LogP contribution >= 0.6 is 23.2 Å². The number of amides is 2. The third-order valence-electron chi connectivity index (χ3n) is 4.16. The van der Waals surface area contributed by atoms with Gasteiger partial charge in [-0.25, -0.2) is 4.79 Å². The maximum absolute atomic E-state index is 12.2. The number of aliphatic hydroxyl groups is 1. The summed E-state index contributed by atoms with van der Waals surface area (Å²) in [5, 5.41) is 16.6. The van der Waals surface area contributed by atoms with E-state index in [2.05, 4.69) is 10.6 Å². The summed E-state index contributed by atoms with van der Waals surface area (Å²) in [4.78, 5) is 12.2. The molecule has 6 heteroatoms. The second-order valence-corrected chi connectivity index (χ2v) is 6.73. The van der Waals surface area contributed by atoms with Crippen molar-refractivity contribution in [2.75, 3.05) is 5.32 Å². The van der Waals surface area contributed by atoms with Gasteiger partial charge in [-0.1, -0.05) is 41.4 Å². The zero-order chi connectivity index (χ0) is 17.1. The van der Waals surface area contributed by atoms with Crippen molar-refractivity contribution in [3.05, 3.63) is 63.1 Å². The Kier molecular flexibility index (Phi) is 5.29. The summed E-state index contributed by atoms with van der Waals surface area (Å²) >= 11 is 12.0. The summed E-state index contributed by atoms with van der Waals surface area (Å²) < 4.78 is 0. The van der Waals surface area contributed by atoms with Gasteiger partial charge in [0.15, 0.2) is 0 Å².